The number of benzene rings is 1. The molecule has 0 unspecified atom stereocenters. The summed E-state index contributed by atoms with van der Waals surface area (Å²) in [6.45, 7) is 7.01. The third-order valence-electron chi connectivity index (χ3n) is 3.08. The molecule has 0 bridgehead atoms. The maximum absolute atomic E-state index is 5.89. The van der Waals surface area contributed by atoms with E-state index in [0.717, 1.165) is 5.02 Å². The van der Waals surface area contributed by atoms with Crippen LogP contribution in [-0.4, -0.2) is 7.22 Å². The molecule has 0 aliphatic carbocycles. The highest BCUT2D eigenvalue weighted by atomic mass is 35.5. The Balaban J connectivity index is 2.78. The minimum Gasteiger partial charge on any atom is -0.151 e. The fourth-order valence-corrected chi connectivity index (χ4v) is 7.76. The highest BCUT2D eigenvalue weighted by Crippen LogP contribution is 2.38. The zero-order valence-electron chi connectivity index (χ0n) is 9.72. The minimum absolute atomic E-state index is 0.830. The maximum Gasteiger partial charge on any atom is 0.122 e. The summed E-state index contributed by atoms with van der Waals surface area (Å²) in [5, 5.41) is 0.830. The van der Waals surface area contributed by atoms with Crippen LogP contribution in [0.4, 0.5) is 0 Å². The van der Waals surface area contributed by atoms with Gasteiger partial charge in [-0.2, -0.15) is 11.2 Å². The molecule has 0 heterocycles. The van der Waals surface area contributed by atoms with Gasteiger partial charge in [-0.15, -0.1) is 0 Å². The molecule has 0 aromatic heterocycles. The van der Waals surface area contributed by atoms with Gasteiger partial charge >= 0.3 is 0 Å². The molecule has 15 heavy (non-hydrogen) atoms. The first-order valence-electron chi connectivity index (χ1n) is 5.60. The molecule has 0 nitrogen and oxygen atoms in total. The third kappa shape index (κ3) is 3.54. The first-order chi connectivity index (χ1) is 7.15. The minimum atomic E-state index is -1.10. The quantitative estimate of drug-likeness (QED) is 0.634. The Kier molecular flexibility index (Phi) is 5.23. The Morgan fingerprint density at radius 3 is 1.87 bits per heavy atom. The van der Waals surface area contributed by atoms with E-state index in [9.17, 15) is 0 Å². The van der Waals surface area contributed by atoms with Gasteiger partial charge in [-0.25, -0.2) is 0 Å². The fraction of sp³-hybridized carbons (Fsp3) is 0.500. The van der Waals surface area contributed by atoms with Crippen molar-refractivity contribution in [2.45, 2.75) is 43.8 Å². The van der Waals surface area contributed by atoms with Gasteiger partial charge in [0.2, 0.25) is 0 Å². The molecule has 84 valence electrons. The number of halogens is 1. The van der Waals surface area contributed by atoms with Crippen LogP contribution in [0, 0.1) is 0 Å². The van der Waals surface area contributed by atoms with Gasteiger partial charge in [0.25, 0.3) is 0 Å². The van der Waals surface area contributed by atoms with Crippen LogP contribution in [0.1, 0.15) is 20.8 Å². The summed E-state index contributed by atoms with van der Waals surface area (Å²) in [6, 6.07) is 12.3. The van der Waals surface area contributed by atoms with E-state index < -0.39 is 7.22 Å². The van der Waals surface area contributed by atoms with Gasteiger partial charge in [-0.3, -0.25) is 0 Å². The van der Waals surface area contributed by atoms with Gasteiger partial charge < -0.3 is 0 Å². The van der Waals surface area contributed by atoms with Crippen molar-refractivity contribution in [3.05, 3.63) is 29.3 Å². The molecule has 0 aliphatic rings. The highest BCUT2D eigenvalue weighted by molar-refractivity contribution is 8.29. The van der Waals surface area contributed by atoms with Crippen molar-refractivity contribution in [2.24, 2.45) is 0 Å². The van der Waals surface area contributed by atoms with Crippen molar-refractivity contribution in [3.8, 4) is 0 Å². The number of hydrogen-bond acceptors (Lipinski definition) is 1. The molecule has 0 fully saturated rings. The van der Waals surface area contributed by atoms with Crippen LogP contribution < -0.4 is 0 Å². The Bertz CT molecular complexity index is 285. The van der Waals surface area contributed by atoms with E-state index in [4.69, 9.17) is 11.6 Å². The van der Waals surface area contributed by atoms with E-state index in [-0.39, 0.29) is 0 Å². The van der Waals surface area contributed by atoms with Crippen molar-refractivity contribution in [1.82, 2.24) is 0 Å². The normalized spacial score (nSPS) is 11.7. The first-order valence-corrected chi connectivity index (χ1v) is 10.1. The molecule has 0 saturated carbocycles. The lowest BCUT2D eigenvalue weighted by atomic mass is 10.4. The van der Waals surface area contributed by atoms with Crippen LogP contribution in [0.25, 0.3) is 0 Å². The molecule has 0 radical (unpaired) electrons. The van der Waals surface area contributed by atoms with Crippen LogP contribution in [-0.2, 0) is 0 Å². The standard InChI is InChI=1S/C12H19ClSSi/c1-4-15(5-2,6-3)14-12-9-7-11(13)8-10-12/h7-10H,4-6H2,1-3H3. The lowest BCUT2D eigenvalue weighted by Crippen LogP contribution is -2.26. The van der Waals surface area contributed by atoms with Gasteiger partial charge in [0.1, 0.15) is 7.22 Å². The summed E-state index contributed by atoms with van der Waals surface area (Å²) in [6.07, 6.45) is 0. The average Bonchev–Trinajstić information content (AvgIpc) is 2.29. The van der Waals surface area contributed by atoms with Gasteiger partial charge in [0.15, 0.2) is 0 Å². The molecule has 0 amide bonds. The third-order valence-corrected chi connectivity index (χ3v) is 12.7. The number of rotatable bonds is 5. The van der Waals surface area contributed by atoms with Crippen molar-refractivity contribution >= 4 is 30.0 Å². The van der Waals surface area contributed by atoms with E-state index in [2.05, 4.69) is 44.1 Å². The summed E-state index contributed by atoms with van der Waals surface area (Å²) >= 11 is 8.01. The lowest BCUT2D eigenvalue weighted by molar-refractivity contribution is 1.22. The van der Waals surface area contributed by atoms with Gasteiger partial charge in [0, 0.05) is 9.92 Å². The van der Waals surface area contributed by atoms with Crippen LogP contribution >= 0.6 is 22.8 Å². The van der Waals surface area contributed by atoms with Crippen molar-refractivity contribution < 1.29 is 0 Å². The second-order valence-corrected chi connectivity index (χ2v) is 12.6. The summed E-state index contributed by atoms with van der Waals surface area (Å²) in [7, 11) is -1.10. The summed E-state index contributed by atoms with van der Waals surface area (Å²) < 4.78 is 0. The molecular formula is C12H19ClSSi. The van der Waals surface area contributed by atoms with Crippen molar-refractivity contribution in [1.29, 1.82) is 0 Å². The van der Waals surface area contributed by atoms with E-state index >= 15 is 0 Å². The van der Waals surface area contributed by atoms with Crippen LogP contribution in [0.2, 0.25) is 23.2 Å². The monoisotopic (exact) mass is 258 g/mol. The average molecular weight is 259 g/mol. The Morgan fingerprint density at radius 1 is 1.00 bits per heavy atom. The summed E-state index contributed by atoms with van der Waals surface area (Å²) in [4.78, 5) is 1.39. The Morgan fingerprint density at radius 2 is 1.47 bits per heavy atom. The lowest BCUT2D eigenvalue weighted by Gasteiger charge is -2.27. The summed E-state index contributed by atoms with van der Waals surface area (Å²) in [5.41, 5.74) is 0. The van der Waals surface area contributed by atoms with Gasteiger partial charge in [-0.05, 0) is 24.3 Å². The molecule has 3 heteroatoms. The Hall–Kier alpha value is 0.0769. The smallest absolute Gasteiger partial charge is 0.122 e. The predicted molar refractivity (Wildman–Crippen MR) is 74.5 cm³/mol. The molecule has 1 rings (SSSR count). The molecule has 0 N–H and O–H groups in total. The van der Waals surface area contributed by atoms with E-state index in [1.807, 2.05) is 12.1 Å². The highest BCUT2D eigenvalue weighted by Gasteiger charge is 2.28. The first kappa shape index (κ1) is 13.1. The summed E-state index contributed by atoms with van der Waals surface area (Å²) in [5.74, 6) is 0. The predicted octanol–water partition coefficient (Wildman–Crippen LogP) is 5.44. The maximum atomic E-state index is 5.89. The topological polar surface area (TPSA) is 0 Å². The van der Waals surface area contributed by atoms with Crippen molar-refractivity contribution in [3.63, 3.8) is 0 Å². The van der Waals surface area contributed by atoms with Gasteiger partial charge in [-0.1, -0.05) is 50.5 Å². The zero-order chi connectivity index (χ0) is 11.3. The molecule has 0 atom stereocenters. The molecule has 1 aromatic rings. The zero-order valence-corrected chi connectivity index (χ0v) is 12.3. The molecule has 1 aromatic carbocycles. The molecular weight excluding hydrogens is 240 g/mol. The molecule has 0 saturated heterocycles. The molecule has 0 spiro atoms. The van der Waals surface area contributed by atoms with E-state index in [1.165, 1.54) is 23.0 Å². The fourth-order valence-electron chi connectivity index (χ4n) is 1.72. The Labute approximate surface area is 103 Å². The largest absolute Gasteiger partial charge is 0.151 e. The van der Waals surface area contributed by atoms with E-state index in [1.54, 1.807) is 0 Å². The van der Waals surface area contributed by atoms with Crippen LogP contribution in [0.3, 0.4) is 0 Å². The number of hydrogen-bond donors (Lipinski definition) is 0. The van der Waals surface area contributed by atoms with Crippen LogP contribution in [0.15, 0.2) is 29.2 Å². The SMILES string of the molecule is CC[Si](CC)(CC)Sc1ccc(Cl)cc1. The van der Waals surface area contributed by atoms with E-state index in [0.29, 0.717) is 0 Å². The van der Waals surface area contributed by atoms with Gasteiger partial charge in [0.05, 0.1) is 0 Å². The van der Waals surface area contributed by atoms with Crippen molar-refractivity contribution in [2.75, 3.05) is 0 Å². The van der Waals surface area contributed by atoms with Crippen LogP contribution in [0.5, 0.6) is 0 Å². The molecule has 0 aliphatic heterocycles. The second kappa shape index (κ2) is 5.97. The second-order valence-electron chi connectivity index (χ2n) is 3.80.